The third kappa shape index (κ3) is 3.01. The zero-order valence-electron chi connectivity index (χ0n) is 13.6. The normalized spacial score (nSPS) is 11.1. The molecule has 1 aromatic carbocycles. The maximum absolute atomic E-state index is 6.24. The van der Waals surface area contributed by atoms with Crippen LogP contribution in [0, 0.1) is 6.92 Å². The average Bonchev–Trinajstić information content (AvgIpc) is 2.99. The summed E-state index contributed by atoms with van der Waals surface area (Å²) in [5.41, 5.74) is 2.73. The number of fused-ring (bicyclic) bond motifs is 1. The summed E-state index contributed by atoms with van der Waals surface area (Å²) in [7, 11) is 2.05. The zero-order chi connectivity index (χ0) is 16.4. The van der Waals surface area contributed by atoms with Crippen molar-refractivity contribution in [3.63, 3.8) is 0 Å². The molecule has 0 aliphatic heterocycles. The minimum absolute atomic E-state index is 0.723. The molecule has 2 aromatic heterocycles. The van der Waals surface area contributed by atoms with Gasteiger partial charge in [-0.1, -0.05) is 31.0 Å². The Labute approximate surface area is 140 Å². The first kappa shape index (κ1) is 15.7. The highest BCUT2D eigenvalue weighted by Gasteiger charge is 2.14. The van der Waals surface area contributed by atoms with Crippen molar-refractivity contribution in [1.29, 1.82) is 0 Å². The Bertz CT molecular complexity index is 827. The van der Waals surface area contributed by atoms with Crippen LogP contribution < -0.4 is 4.90 Å². The first-order valence-corrected chi connectivity index (χ1v) is 8.16. The second-order valence-corrected chi connectivity index (χ2v) is 6.11. The summed E-state index contributed by atoms with van der Waals surface area (Å²) in [5.74, 6) is 0.910. The molecule has 3 aromatic rings. The molecular formula is C17H20ClN5. The fraction of sp³-hybridized carbons (Fsp3) is 0.353. The highest BCUT2D eigenvalue weighted by atomic mass is 35.5. The van der Waals surface area contributed by atoms with Gasteiger partial charge in [-0.15, -0.1) is 0 Å². The molecule has 0 saturated carbocycles. The van der Waals surface area contributed by atoms with Gasteiger partial charge in [0.25, 0.3) is 0 Å². The van der Waals surface area contributed by atoms with Crippen molar-refractivity contribution in [3.05, 3.63) is 41.3 Å². The van der Waals surface area contributed by atoms with Gasteiger partial charge in [0.2, 0.25) is 0 Å². The van der Waals surface area contributed by atoms with E-state index in [-0.39, 0.29) is 0 Å². The van der Waals surface area contributed by atoms with Crippen LogP contribution in [0.4, 0.5) is 5.82 Å². The SMILES string of the molecule is CCCCN(C)c1ncnc2c1cnn2-c1ccc(C)c(Cl)c1. The van der Waals surface area contributed by atoms with Gasteiger partial charge in [-0.3, -0.25) is 0 Å². The van der Waals surface area contributed by atoms with Crippen molar-refractivity contribution in [2.45, 2.75) is 26.7 Å². The number of aryl methyl sites for hydroxylation is 1. The van der Waals surface area contributed by atoms with Crippen molar-refractivity contribution in [2.24, 2.45) is 0 Å². The molecule has 0 unspecified atom stereocenters. The van der Waals surface area contributed by atoms with E-state index in [0.717, 1.165) is 52.5 Å². The lowest BCUT2D eigenvalue weighted by Crippen LogP contribution is -2.19. The average molecular weight is 330 g/mol. The minimum atomic E-state index is 0.723. The highest BCUT2D eigenvalue weighted by molar-refractivity contribution is 6.31. The van der Waals surface area contributed by atoms with Gasteiger partial charge in [-0.25, -0.2) is 14.6 Å². The van der Waals surface area contributed by atoms with Gasteiger partial charge in [0, 0.05) is 18.6 Å². The van der Waals surface area contributed by atoms with E-state index < -0.39 is 0 Å². The molecule has 23 heavy (non-hydrogen) atoms. The molecule has 0 atom stereocenters. The Morgan fingerprint density at radius 1 is 1.26 bits per heavy atom. The van der Waals surface area contributed by atoms with Crippen molar-refractivity contribution in [1.82, 2.24) is 19.7 Å². The number of anilines is 1. The Kier molecular flexibility index (Phi) is 4.48. The number of hydrogen-bond donors (Lipinski definition) is 0. The molecule has 6 heteroatoms. The lowest BCUT2D eigenvalue weighted by molar-refractivity contribution is 0.761. The number of hydrogen-bond acceptors (Lipinski definition) is 4. The van der Waals surface area contributed by atoms with Crippen molar-refractivity contribution >= 4 is 28.5 Å². The van der Waals surface area contributed by atoms with Crippen LogP contribution >= 0.6 is 11.6 Å². The summed E-state index contributed by atoms with van der Waals surface area (Å²) in [4.78, 5) is 11.0. The van der Waals surface area contributed by atoms with Gasteiger partial charge >= 0.3 is 0 Å². The van der Waals surface area contributed by atoms with Gasteiger partial charge in [-0.2, -0.15) is 5.10 Å². The van der Waals surface area contributed by atoms with Crippen molar-refractivity contribution < 1.29 is 0 Å². The summed E-state index contributed by atoms with van der Waals surface area (Å²) in [6.45, 7) is 5.13. The van der Waals surface area contributed by atoms with Crippen LogP contribution in [-0.2, 0) is 0 Å². The van der Waals surface area contributed by atoms with E-state index in [4.69, 9.17) is 11.6 Å². The van der Waals surface area contributed by atoms with E-state index in [9.17, 15) is 0 Å². The van der Waals surface area contributed by atoms with Gasteiger partial charge in [-0.05, 0) is 31.0 Å². The predicted octanol–water partition coefficient (Wildman–Crippen LogP) is 4.01. The van der Waals surface area contributed by atoms with Crippen LogP contribution in [0.1, 0.15) is 25.3 Å². The third-order valence-corrected chi connectivity index (χ3v) is 4.36. The van der Waals surface area contributed by atoms with E-state index >= 15 is 0 Å². The molecule has 0 radical (unpaired) electrons. The first-order chi connectivity index (χ1) is 11.1. The molecule has 0 fully saturated rings. The Balaban J connectivity index is 2.06. The molecule has 5 nitrogen and oxygen atoms in total. The molecule has 3 rings (SSSR count). The number of halogens is 1. The summed E-state index contributed by atoms with van der Waals surface area (Å²) < 4.78 is 1.81. The molecule has 0 bridgehead atoms. The van der Waals surface area contributed by atoms with Crippen LogP contribution in [0.2, 0.25) is 5.02 Å². The van der Waals surface area contributed by atoms with Crippen LogP contribution in [0.3, 0.4) is 0 Å². The summed E-state index contributed by atoms with van der Waals surface area (Å²) in [5, 5.41) is 6.16. The number of rotatable bonds is 5. The van der Waals surface area contributed by atoms with E-state index in [1.807, 2.05) is 31.3 Å². The van der Waals surface area contributed by atoms with Gasteiger partial charge in [0.1, 0.15) is 12.1 Å². The smallest absolute Gasteiger partial charge is 0.168 e. The topological polar surface area (TPSA) is 46.8 Å². The lowest BCUT2D eigenvalue weighted by Gasteiger charge is -2.18. The number of aromatic nitrogens is 4. The van der Waals surface area contributed by atoms with Crippen LogP contribution in [0.5, 0.6) is 0 Å². The summed E-state index contributed by atoms with van der Waals surface area (Å²) in [6.07, 6.45) is 5.69. The molecule has 0 aliphatic rings. The molecular weight excluding hydrogens is 310 g/mol. The molecule has 0 amide bonds. The Morgan fingerprint density at radius 2 is 2.09 bits per heavy atom. The quantitative estimate of drug-likeness (QED) is 0.709. The second-order valence-electron chi connectivity index (χ2n) is 5.70. The van der Waals surface area contributed by atoms with Crippen molar-refractivity contribution in [2.75, 3.05) is 18.5 Å². The highest BCUT2D eigenvalue weighted by Crippen LogP contribution is 2.26. The van der Waals surface area contributed by atoms with E-state index in [1.165, 1.54) is 0 Å². The molecule has 0 aliphatic carbocycles. The lowest BCUT2D eigenvalue weighted by atomic mass is 10.2. The number of nitrogens with zero attached hydrogens (tertiary/aromatic N) is 5. The molecule has 0 N–H and O–H groups in total. The standard InChI is InChI=1S/C17H20ClN5/c1-4-5-8-22(3)16-14-10-21-23(17(14)20-11-19-16)13-7-6-12(2)15(18)9-13/h6-7,9-11H,4-5,8H2,1-3H3. The molecule has 0 saturated heterocycles. The first-order valence-electron chi connectivity index (χ1n) is 7.78. The maximum Gasteiger partial charge on any atom is 0.168 e. The molecule has 120 valence electrons. The summed E-state index contributed by atoms with van der Waals surface area (Å²) in [6, 6.07) is 5.89. The minimum Gasteiger partial charge on any atom is -0.359 e. The molecule has 0 spiro atoms. The number of unbranched alkanes of at least 4 members (excludes halogenated alkanes) is 1. The van der Waals surface area contributed by atoms with Crippen molar-refractivity contribution in [3.8, 4) is 5.69 Å². The largest absolute Gasteiger partial charge is 0.359 e. The monoisotopic (exact) mass is 329 g/mol. The van der Waals surface area contributed by atoms with Crippen LogP contribution in [0.25, 0.3) is 16.7 Å². The molecule has 2 heterocycles. The van der Waals surface area contributed by atoms with Gasteiger partial charge in [0.15, 0.2) is 5.65 Å². The van der Waals surface area contributed by atoms with E-state index in [2.05, 4.69) is 33.9 Å². The predicted molar refractivity (Wildman–Crippen MR) is 94.6 cm³/mol. The van der Waals surface area contributed by atoms with E-state index in [0.29, 0.717) is 0 Å². The maximum atomic E-state index is 6.24. The summed E-state index contributed by atoms with van der Waals surface area (Å²) >= 11 is 6.24. The fourth-order valence-electron chi connectivity index (χ4n) is 2.54. The fourth-order valence-corrected chi connectivity index (χ4v) is 2.71. The van der Waals surface area contributed by atoms with Gasteiger partial charge < -0.3 is 4.90 Å². The Hall–Kier alpha value is -2.14. The number of benzene rings is 1. The van der Waals surface area contributed by atoms with Gasteiger partial charge in [0.05, 0.1) is 17.3 Å². The zero-order valence-corrected chi connectivity index (χ0v) is 14.4. The van der Waals surface area contributed by atoms with Crippen LogP contribution in [0.15, 0.2) is 30.7 Å². The van der Waals surface area contributed by atoms with Crippen LogP contribution in [-0.4, -0.2) is 33.3 Å². The third-order valence-electron chi connectivity index (χ3n) is 3.95. The Morgan fingerprint density at radius 3 is 2.83 bits per heavy atom. The second kappa shape index (κ2) is 6.54. The van der Waals surface area contributed by atoms with E-state index in [1.54, 1.807) is 11.0 Å².